The molecule has 2 aromatic carbocycles. The first-order valence-corrected chi connectivity index (χ1v) is 7.42. The molecule has 1 atom stereocenters. The Labute approximate surface area is 128 Å². The van der Waals surface area contributed by atoms with Gasteiger partial charge < -0.3 is 9.64 Å². The van der Waals surface area contributed by atoms with Crippen molar-refractivity contribution in [1.29, 1.82) is 0 Å². The van der Waals surface area contributed by atoms with Gasteiger partial charge in [0.2, 0.25) is 5.91 Å². The molecule has 2 aliphatic rings. The van der Waals surface area contributed by atoms with E-state index in [1.165, 1.54) is 5.56 Å². The molecule has 0 aromatic heterocycles. The minimum Gasteiger partial charge on any atom is -0.453 e. The summed E-state index contributed by atoms with van der Waals surface area (Å²) >= 11 is 0. The predicted molar refractivity (Wildman–Crippen MR) is 81.7 cm³/mol. The lowest BCUT2D eigenvalue weighted by Crippen LogP contribution is -2.30. The fourth-order valence-corrected chi connectivity index (χ4v) is 3.24. The van der Waals surface area contributed by atoms with Crippen LogP contribution in [0.1, 0.15) is 34.0 Å². The van der Waals surface area contributed by atoms with E-state index in [4.69, 9.17) is 4.74 Å². The summed E-state index contributed by atoms with van der Waals surface area (Å²) < 4.78 is 5.36. The van der Waals surface area contributed by atoms with Gasteiger partial charge in [-0.25, -0.2) is 4.79 Å². The number of esters is 1. The number of nitrogens with zero attached hydrogens (tertiary/aromatic N) is 1. The maximum atomic E-state index is 12.6. The molecular formula is C18H15NO3. The largest absolute Gasteiger partial charge is 0.453 e. The minimum absolute atomic E-state index is 0.000506. The van der Waals surface area contributed by atoms with Crippen molar-refractivity contribution in [3.8, 4) is 0 Å². The average molecular weight is 293 g/mol. The van der Waals surface area contributed by atoms with Crippen molar-refractivity contribution in [3.63, 3.8) is 0 Å². The van der Waals surface area contributed by atoms with E-state index in [0.29, 0.717) is 12.1 Å². The van der Waals surface area contributed by atoms with Crippen LogP contribution in [0.5, 0.6) is 0 Å². The zero-order valence-corrected chi connectivity index (χ0v) is 12.0. The number of anilines is 1. The number of rotatable bonds is 2. The third kappa shape index (κ3) is 1.99. The van der Waals surface area contributed by atoms with Crippen molar-refractivity contribution < 1.29 is 14.3 Å². The summed E-state index contributed by atoms with van der Waals surface area (Å²) in [6.45, 7) is 0.695. The normalized spacial score (nSPS) is 18.8. The van der Waals surface area contributed by atoms with E-state index in [1.807, 2.05) is 36.4 Å². The first-order valence-electron chi connectivity index (χ1n) is 7.42. The Hall–Kier alpha value is -2.62. The van der Waals surface area contributed by atoms with Crippen LogP contribution >= 0.6 is 0 Å². The van der Waals surface area contributed by atoms with E-state index in [-0.39, 0.29) is 18.3 Å². The first kappa shape index (κ1) is 13.1. The average Bonchev–Trinajstić information content (AvgIpc) is 3.10. The predicted octanol–water partition coefficient (Wildman–Crippen LogP) is 2.88. The third-order valence-corrected chi connectivity index (χ3v) is 4.33. The molecule has 0 radical (unpaired) electrons. The second-order valence-corrected chi connectivity index (χ2v) is 5.61. The summed E-state index contributed by atoms with van der Waals surface area (Å²) in [5.74, 6) is -0.338. The highest BCUT2D eigenvalue weighted by molar-refractivity contribution is 5.98. The van der Waals surface area contributed by atoms with Gasteiger partial charge in [-0.3, -0.25) is 4.79 Å². The van der Waals surface area contributed by atoms with Crippen LogP contribution < -0.4 is 4.90 Å². The molecule has 0 fully saturated rings. The highest BCUT2D eigenvalue weighted by Crippen LogP contribution is 2.35. The van der Waals surface area contributed by atoms with Crippen LogP contribution in [0.2, 0.25) is 0 Å². The molecule has 0 aliphatic carbocycles. The maximum Gasteiger partial charge on any atom is 0.339 e. The van der Waals surface area contributed by atoms with Gasteiger partial charge in [0.15, 0.2) is 0 Å². The molecule has 4 rings (SSSR count). The van der Waals surface area contributed by atoms with Gasteiger partial charge in [0.05, 0.1) is 12.0 Å². The fourth-order valence-electron chi connectivity index (χ4n) is 3.24. The van der Waals surface area contributed by atoms with Crippen LogP contribution in [0.3, 0.4) is 0 Å². The van der Waals surface area contributed by atoms with E-state index in [9.17, 15) is 9.59 Å². The molecule has 0 saturated carbocycles. The van der Waals surface area contributed by atoms with Crippen molar-refractivity contribution in [2.24, 2.45) is 0 Å². The van der Waals surface area contributed by atoms with Crippen molar-refractivity contribution >= 4 is 17.6 Å². The number of amides is 1. The second kappa shape index (κ2) is 4.98. The van der Waals surface area contributed by atoms with Crippen LogP contribution in [-0.4, -0.2) is 18.4 Å². The van der Waals surface area contributed by atoms with E-state index in [0.717, 1.165) is 17.7 Å². The Morgan fingerprint density at radius 1 is 1.14 bits per heavy atom. The van der Waals surface area contributed by atoms with Crippen molar-refractivity contribution in [2.75, 3.05) is 11.4 Å². The lowest BCUT2D eigenvalue weighted by molar-refractivity contribution is -0.120. The molecule has 0 saturated heterocycles. The number of hydrogen-bond donors (Lipinski definition) is 0. The Bertz CT molecular complexity index is 768. The van der Waals surface area contributed by atoms with E-state index >= 15 is 0 Å². The number of carbonyl (C=O) groups is 2. The summed E-state index contributed by atoms with van der Waals surface area (Å²) in [7, 11) is 0. The number of hydrogen-bond acceptors (Lipinski definition) is 3. The quantitative estimate of drug-likeness (QED) is 0.800. The summed E-state index contributed by atoms with van der Waals surface area (Å²) in [5, 5.41) is 0. The maximum absolute atomic E-state index is 12.6. The van der Waals surface area contributed by atoms with Crippen LogP contribution in [0.25, 0.3) is 0 Å². The van der Waals surface area contributed by atoms with Gasteiger partial charge in [-0.05, 0) is 24.1 Å². The molecule has 0 bridgehead atoms. The topological polar surface area (TPSA) is 46.6 Å². The van der Waals surface area contributed by atoms with Gasteiger partial charge in [-0.15, -0.1) is 0 Å². The Morgan fingerprint density at radius 3 is 2.82 bits per heavy atom. The van der Waals surface area contributed by atoms with Gasteiger partial charge >= 0.3 is 5.97 Å². The van der Waals surface area contributed by atoms with E-state index in [2.05, 4.69) is 0 Å². The van der Waals surface area contributed by atoms with E-state index < -0.39 is 6.10 Å². The molecule has 22 heavy (non-hydrogen) atoms. The molecular weight excluding hydrogens is 278 g/mol. The van der Waals surface area contributed by atoms with Crippen LogP contribution in [-0.2, 0) is 16.0 Å². The molecule has 2 aromatic rings. The molecule has 1 amide bonds. The van der Waals surface area contributed by atoms with Crippen molar-refractivity contribution in [3.05, 3.63) is 65.2 Å². The number of carbonyl (C=O) groups excluding carboxylic acids is 2. The number of benzene rings is 2. The molecule has 2 aliphatic heterocycles. The summed E-state index contributed by atoms with van der Waals surface area (Å²) in [6.07, 6.45) is 0.601. The monoisotopic (exact) mass is 293 g/mol. The van der Waals surface area contributed by atoms with Crippen molar-refractivity contribution in [1.82, 2.24) is 0 Å². The Morgan fingerprint density at radius 2 is 1.91 bits per heavy atom. The third-order valence-electron chi connectivity index (χ3n) is 4.33. The van der Waals surface area contributed by atoms with Gasteiger partial charge in [-0.2, -0.15) is 0 Å². The molecule has 4 nitrogen and oxygen atoms in total. The van der Waals surface area contributed by atoms with Crippen molar-refractivity contribution in [2.45, 2.75) is 18.9 Å². The highest BCUT2D eigenvalue weighted by atomic mass is 16.5. The Kier molecular flexibility index (Phi) is 2.96. The summed E-state index contributed by atoms with van der Waals surface area (Å²) in [6, 6.07) is 15.2. The van der Waals surface area contributed by atoms with Crippen LogP contribution in [0.15, 0.2) is 48.5 Å². The highest BCUT2D eigenvalue weighted by Gasteiger charge is 2.34. The number of ether oxygens (including phenoxy) is 1. The first-order chi connectivity index (χ1) is 10.7. The number of fused-ring (bicyclic) bond motifs is 2. The lowest BCUT2D eigenvalue weighted by atomic mass is 10.0. The molecule has 0 spiro atoms. The molecule has 0 N–H and O–H groups in total. The zero-order valence-electron chi connectivity index (χ0n) is 12.0. The van der Waals surface area contributed by atoms with Gasteiger partial charge in [0.25, 0.3) is 0 Å². The Balaban J connectivity index is 1.56. The number of para-hydroxylation sites is 1. The summed E-state index contributed by atoms with van der Waals surface area (Å²) in [4.78, 5) is 26.2. The van der Waals surface area contributed by atoms with Gasteiger partial charge in [0, 0.05) is 17.8 Å². The second-order valence-electron chi connectivity index (χ2n) is 5.61. The molecule has 4 heteroatoms. The van der Waals surface area contributed by atoms with Crippen LogP contribution in [0.4, 0.5) is 5.69 Å². The summed E-state index contributed by atoms with van der Waals surface area (Å²) in [5.41, 5.74) is 3.56. The SMILES string of the molecule is O=C1O[C@@H](CC(=O)N2CCc3ccccc32)c2ccccc21. The lowest BCUT2D eigenvalue weighted by Gasteiger charge is -2.19. The standard InChI is InChI=1S/C18H15NO3/c20-17(19-10-9-12-5-1-4-8-15(12)19)11-16-13-6-2-3-7-14(13)18(21)22-16/h1-8,16H,9-11H2/t16-/m0/s1. The molecule has 110 valence electrons. The zero-order chi connectivity index (χ0) is 15.1. The van der Waals surface area contributed by atoms with Gasteiger partial charge in [-0.1, -0.05) is 36.4 Å². The smallest absolute Gasteiger partial charge is 0.339 e. The molecule has 0 unspecified atom stereocenters. The molecule has 2 heterocycles. The number of cyclic esters (lactones) is 1. The minimum atomic E-state index is -0.469. The fraction of sp³-hybridized carbons (Fsp3) is 0.222. The van der Waals surface area contributed by atoms with Gasteiger partial charge in [0.1, 0.15) is 6.10 Å². The van der Waals surface area contributed by atoms with Crippen LogP contribution in [0, 0.1) is 0 Å². The van der Waals surface area contributed by atoms with E-state index in [1.54, 1.807) is 17.0 Å².